The molecule has 0 spiro atoms. The van der Waals surface area contributed by atoms with Crippen molar-refractivity contribution in [3.63, 3.8) is 0 Å². The lowest BCUT2D eigenvalue weighted by molar-refractivity contribution is 0.570. The van der Waals surface area contributed by atoms with E-state index in [1.165, 1.54) is 14.1 Å². The molecule has 8 heteroatoms. The Bertz CT molecular complexity index is 627. The summed E-state index contributed by atoms with van der Waals surface area (Å²) in [5.74, 6) is 0. The average molecular weight is 261 g/mol. The van der Waals surface area contributed by atoms with Gasteiger partial charge in [-0.05, 0) is 6.42 Å². The molecule has 0 aromatic carbocycles. The van der Waals surface area contributed by atoms with E-state index in [1.807, 2.05) is 0 Å². The van der Waals surface area contributed by atoms with Crippen LogP contribution in [0.4, 0.5) is 0 Å². The van der Waals surface area contributed by atoms with Crippen LogP contribution in [0.2, 0.25) is 0 Å². The molecule has 1 rings (SSSR count). The van der Waals surface area contributed by atoms with Gasteiger partial charge in [-0.3, -0.25) is 9.36 Å². The monoisotopic (exact) mass is 261 g/mol. The Kier molecular flexibility index (Phi) is 3.89. The van der Waals surface area contributed by atoms with Gasteiger partial charge in [0.1, 0.15) is 0 Å². The molecule has 7 nitrogen and oxygen atoms in total. The van der Waals surface area contributed by atoms with Crippen LogP contribution >= 0.6 is 0 Å². The normalized spacial score (nSPS) is 11.7. The lowest BCUT2D eigenvalue weighted by Crippen LogP contribution is -2.41. The van der Waals surface area contributed by atoms with Crippen molar-refractivity contribution in [1.82, 2.24) is 13.9 Å². The Labute approximate surface area is 98.7 Å². The minimum Gasteiger partial charge on any atom is -0.302 e. The predicted molar refractivity (Wildman–Crippen MR) is 62.4 cm³/mol. The number of aromatic nitrogens is 2. The molecule has 0 aliphatic carbocycles. The smallest absolute Gasteiger partial charge is 0.302 e. The Morgan fingerprint density at radius 2 is 1.88 bits per heavy atom. The minimum absolute atomic E-state index is 0.244. The summed E-state index contributed by atoms with van der Waals surface area (Å²) in [4.78, 5) is 22.7. The van der Waals surface area contributed by atoms with Crippen molar-refractivity contribution in [2.75, 3.05) is 6.54 Å². The first-order valence-corrected chi connectivity index (χ1v) is 6.56. The van der Waals surface area contributed by atoms with Crippen molar-refractivity contribution in [3.05, 3.63) is 27.0 Å². The summed E-state index contributed by atoms with van der Waals surface area (Å²) in [7, 11) is -1.23. The number of sulfonamides is 1. The quantitative estimate of drug-likeness (QED) is 0.735. The molecule has 1 aromatic rings. The summed E-state index contributed by atoms with van der Waals surface area (Å²) in [5.41, 5.74) is -1.39. The lowest BCUT2D eigenvalue weighted by atomic mass is 10.5. The molecule has 1 N–H and O–H groups in total. The van der Waals surface area contributed by atoms with Gasteiger partial charge in [-0.15, -0.1) is 0 Å². The van der Waals surface area contributed by atoms with Crippen LogP contribution in [0.1, 0.15) is 13.3 Å². The van der Waals surface area contributed by atoms with Crippen LogP contribution in [0.3, 0.4) is 0 Å². The van der Waals surface area contributed by atoms with Crippen LogP contribution in [0, 0.1) is 0 Å². The molecule has 0 aliphatic rings. The third kappa shape index (κ3) is 2.64. The molecule has 0 radical (unpaired) electrons. The van der Waals surface area contributed by atoms with Gasteiger partial charge in [0.2, 0.25) is 10.0 Å². The summed E-state index contributed by atoms with van der Waals surface area (Å²) in [6.45, 7) is 2.05. The molecule has 0 atom stereocenters. The maximum Gasteiger partial charge on any atom is 0.330 e. The predicted octanol–water partition coefficient (Wildman–Crippen LogP) is -1.23. The highest BCUT2D eigenvalue weighted by Crippen LogP contribution is 1.99. The highest BCUT2D eigenvalue weighted by molar-refractivity contribution is 7.89. The zero-order chi connectivity index (χ0) is 13.2. The van der Waals surface area contributed by atoms with Gasteiger partial charge in [0.05, 0.1) is 0 Å². The SMILES string of the molecule is CCCNS(=O)(=O)c1cn(C)c(=O)n(C)c1=O. The van der Waals surface area contributed by atoms with Gasteiger partial charge in [-0.25, -0.2) is 17.9 Å². The number of nitrogens with one attached hydrogen (secondary N) is 1. The Morgan fingerprint density at radius 3 is 2.41 bits per heavy atom. The van der Waals surface area contributed by atoms with Gasteiger partial charge in [0.15, 0.2) is 4.90 Å². The molecule has 1 aromatic heterocycles. The van der Waals surface area contributed by atoms with Crippen LogP contribution in [0.5, 0.6) is 0 Å². The highest BCUT2D eigenvalue weighted by atomic mass is 32.2. The third-order valence-electron chi connectivity index (χ3n) is 2.25. The second-order valence-electron chi connectivity index (χ2n) is 3.65. The molecule has 0 amide bonds. The summed E-state index contributed by atoms with van der Waals surface area (Å²) >= 11 is 0. The first-order valence-electron chi connectivity index (χ1n) is 5.07. The van der Waals surface area contributed by atoms with Gasteiger partial charge in [0, 0.05) is 26.8 Å². The summed E-state index contributed by atoms with van der Waals surface area (Å²) in [5, 5.41) is 0. The molecular formula is C9H15N3O4S. The Hall–Kier alpha value is -1.41. The van der Waals surface area contributed by atoms with Gasteiger partial charge in [-0.1, -0.05) is 6.92 Å². The second-order valence-corrected chi connectivity index (χ2v) is 5.38. The van der Waals surface area contributed by atoms with Gasteiger partial charge in [0.25, 0.3) is 5.56 Å². The Morgan fingerprint density at radius 1 is 1.29 bits per heavy atom. The van der Waals surface area contributed by atoms with E-state index in [-0.39, 0.29) is 6.54 Å². The number of hydrogen-bond acceptors (Lipinski definition) is 4. The minimum atomic E-state index is -3.86. The molecule has 0 unspecified atom stereocenters. The topological polar surface area (TPSA) is 90.2 Å². The zero-order valence-corrected chi connectivity index (χ0v) is 10.7. The van der Waals surface area contributed by atoms with Crippen LogP contribution in [-0.2, 0) is 24.1 Å². The van der Waals surface area contributed by atoms with Crippen molar-refractivity contribution in [1.29, 1.82) is 0 Å². The van der Waals surface area contributed by atoms with E-state index < -0.39 is 26.2 Å². The summed E-state index contributed by atoms with van der Waals surface area (Å²) in [6.07, 6.45) is 1.65. The third-order valence-corrected chi connectivity index (χ3v) is 3.69. The van der Waals surface area contributed by atoms with Gasteiger partial charge in [-0.2, -0.15) is 0 Å². The molecule has 0 aliphatic heterocycles. The van der Waals surface area contributed by atoms with Crippen molar-refractivity contribution in [3.8, 4) is 0 Å². The van der Waals surface area contributed by atoms with E-state index in [9.17, 15) is 18.0 Å². The molecule has 96 valence electrons. The maximum atomic E-state index is 11.8. The van der Waals surface area contributed by atoms with E-state index in [0.717, 1.165) is 15.3 Å². The van der Waals surface area contributed by atoms with Crippen LogP contribution in [-0.4, -0.2) is 24.1 Å². The second kappa shape index (κ2) is 4.84. The van der Waals surface area contributed by atoms with Crippen molar-refractivity contribution < 1.29 is 8.42 Å². The molecule has 0 bridgehead atoms. The average Bonchev–Trinajstić information content (AvgIpc) is 2.28. The largest absolute Gasteiger partial charge is 0.330 e. The van der Waals surface area contributed by atoms with Crippen LogP contribution in [0.25, 0.3) is 0 Å². The number of nitrogens with zero attached hydrogens (tertiary/aromatic N) is 2. The molecule has 0 saturated carbocycles. The van der Waals surface area contributed by atoms with Crippen LogP contribution < -0.4 is 16.0 Å². The van der Waals surface area contributed by atoms with Crippen LogP contribution in [0.15, 0.2) is 20.7 Å². The first-order chi connectivity index (χ1) is 7.81. The molecule has 1 heterocycles. The van der Waals surface area contributed by atoms with Crippen molar-refractivity contribution >= 4 is 10.0 Å². The van der Waals surface area contributed by atoms with E-state index in [4.69, 9.17) is 0 Å². The number of hydrogen-bond donors (Lipinski definition) is 1. The fraction of sp³-hybridized carbons (Fsp3) is 0.556. The number of rotatable bonds is 4. The standard InChI is InChI=1S/C9H15N3O4S/c1-4-5-10-17(15,16)7-6-11(2)9(14)12(3)8(7)13/h6,10H,4-5H2,1-3H3. The van der Waals surface area contributed by atoms with Gasteiger partial charge < -0.3 is 4.57 Å². The molecule has 0 saturated heterocycles. The van der Waals surface area contributed by atoms with Crippen molar-refractivity contribution in [2.45, 2.75) is 18.2 Å². The maximum absolute atomic E-state index is 11.8. The van der Waals surface area contributed by atoms with E-state index in [0.29, 0.717) is 6.42 Å². The highest BCUT2D eigenvalue weighted by Gasteiger charge is 2.20. The zero-order valence-electron chi connectivity index (χ0n) is 9.93. The fourth-order valence-electron chi connectivity index (χ4n) is 1.27. The Balaban J connectivity index is 3.44. The molecule has 0 fully saturated rings. The summed E-state index contributed by atoms with van der Waals surface area (Å²) < 4.78 is 27.7. The lowest BCUT2D eigenvalue weighted by Gasteiger charge is -2.08. The van der Waals surface area contributed by atoms with Gasteiger partial charge >= 0.3 is 5.69 Å². The number of aryl methyl sites for hydroxylation is 1. The fourth-order valence-corrected chi connectivity index (χ4v) is 2.57. The molecule has 17 heavy (non-hydrogen) atoms. The van der Waals surface area contributed by atoms with E-state index in [2.05, 4.69) is 4.72 Å². The first kappa shape index (κ1) is 13.7. The van der Waals surface area contributed by atoms with E-state index in [1.54, 1.807) is 6.92 Å². The van der Waals surface area contributed by atoms with Crippen molar-refractivity contribution in [2.24, 2.45) is 14.1 Å². The summed E-state index contributed by atoms with van der Waals surface area (Å²) in [6, 6.07) is 0. The van der Waals surface area contributed by atoms with E-state index >= 15 is 0 Å². The molecular weight excluding hydrogens is 246 g/mol.